The Balaban J connectivity index is 1.71. The third kappa shape index (κ3) is 4.58. The fourth-order valence-corrected chi connectivity index (χ4v) is 2.48. The number of pyridine rings is 1. The Kier molecular flexibility index (Phi) is 5.95. The molecule has 1 aromatic rings. The molecule has 0 aromatic carbocycles. The van der Waals surface area contributed by atoms with Crippen molar-refractivity contribution in [1.29, 1.82) is 0 Å². The first-order valence-corrected chi connectivity index (χ1v) is 7.33. The van der Waals surface area contributed by atoms with Gasteiger partial charge >= 0.3 is 0 Å². The lowest BCUT2D eigenvalue weighted by molar-refractivity contribution is -0.133. The largest absolute Gasteiger partial charge is 0.340 e. The number of carbonyl (C=O) groups excluding carboxylic acids is 1. The number of nitrogens with zero attached hydrogens (tertiary/aromatic N) is 3. The highest BCUT2D eigenvalue weighted by molar-refractivity contribution is 5.76. The zero-order chi connectivity index (χ0) is 14.2. The van der Waals surface area contributed by atoms with Crippen LogP contribution in [-0.2, 0) is 11.3 Å². The van der Waals surface area contributed by atoms with Crippen molar-refractivity contribution in [3.05, 3.63) is 30.1 Å². The second-order valence-corrected chi connectivity index (χ2v) is 5.22. The SMILES string of the molecule is CNCCCC(=O)N1CCN(Cc2ccncc2)CC1. The van der Waals surface area contributed by atoms with Crippen LogP contribution in [-0.4, -0.2) is 60.5 Å². The van der Waals surface area contributed by atoms with Gasteiger partial charge in [0, 0.05) is 51.5 Å². The monoisotopic (exact) mass is 276 g/mol. The average molecular weight is 276 g/mol. The van der Waals surface area contributed by atoms with Gasteiger partial charge in [-0.25, -0.2) is 0 Å². The van der Waals surface area contributed by atoms with E-state index in [-0.39, 0.29) is 0 Å². The molecule has 1 saturated heterocycles. The van der Waals surface area contributed by atoms with Gasteiger partial charge < -0.3 is 10.2 Å². The maximum absolute atomic E-state index is 12.0. The van der Waals surface area contributed by atoms with E-state index in [1.165, 1.54) is 5.56 Å². The Labute approximate surface area is 121 Å². The Morgan fingerprint density at radius 2 is 1.95 bits per heavy atom. The molecule has 1 amide bonds. The van der Waals surface area contributed by atoms with Crippen molar-refractivity contribution in [1.82, 2.24) is 20.1 Å². The quantitative estimate of drug-likeness (QED) is 0.778. The fourth-order valence-electron chi connectivity index (χ4n) is 2.48. The highest BCUT2D eigenvalue weighted by Crippen LogP contribution is 2.09. The Morgan fingerprint density at radius 1 is 1.25 bits per heavy atom. The number of rotatable bonds is 6. The first kappa shape index (κ1) is 14.9. The van der Waals surface area contributed by atoms with Crippen molar-refractivity contribution in [2.75, 3.05) is 39.8 Å². The van der Waals surface area contributed by atoms with Crippen molar-refractivity contribution < 1.29 is 4.79 Å². The van der Waals surface area contributed by atoms with Gasteiger partial charge in [0.05, 0.1) is 0 Å². The summed E-state index contributed by atoms with van der Waals surface area (Å²) in [4.78, 5) is 20.4. The molecule has 1 aliphatic heterocycles. The van der Waals surface area contributed by atoms with Gasteiger partial charge in [-0.2, -0.15) is 0 Å². The minimum absolute atomic E-state index is 0.295. The molecule has 5 nitrogen and oxygen atoms in total. The second-order valence-electron chi connectivity index (χ2n) is 5.22. The zero-order valence-corrected chi connectivity index (χ0v) is 12.2. The molecule has 1 N–H and O–H groups in total. The van der Waals surface area contributed by atoms with E-state index in [2.05, 4.69) is 27.3 Å². The number of carbonyl (C=O) groups is 1. The van der Waals surface area contributed by atoms with E-state index in [0.717, 1.165) is 45.7 Å². The van der Waals surface area contributed by atoms with Crippen LogP contribution in [0, 0.1) is 0 Å². The van der Waals surface area contributed by atoms with Crippen molar-refractivity contribution in [3.63, 3.8) is 0 Å². The number of hydrogen-bond acceptors (Lipinski definition) is 4. The third-order valence-corrected chi connectivity index (χ3v) is 3.70. The number of hydrogen-bond donors (Lipinski definition) is 1. The highest BCUT2D eigenvalue weighted by atomic mass is 16.2. The smallest absolute Gasteiger partial charge is 0.222 e. The molecule has 1 aliphatic rings. The molecule has 0 saturated carbocycles. The summed E-state index contributed by atoms with van der Waals surface area (Å²) in [5.74, 6) is 0.295. The average Bonchev–Trinajstić information content (AvgIpc) is 2.49. The van der Waals surface area contributed by atoms with E-state index in [1.807, 2.05) is 24.3 Å². The summed E-state index contributed by atoms with van der Waals surface area (Å²) in [7, 11) is 1.92. The van der Waals surface area contributed by atoms with Crippen LogP contribution in [0.15, 0.2) is 24.5 Å². The van der Waals surface area contributed by atoms with Gasteiger partial charge in [0.1, 0.15) is 0 Å². The molecule has 0 spiro atoms. The van der Waals surface area contributed by atoms with Gasteiger partial charge in [0.2, 0.25) is 5.91 Å². The van der Waals surface area contributed by atoms with Crippen LogP contribution in [0.3, 0.4) is 0 Å². The molecule has 1 fully saturated rings. The summed E-state index contributed by atoms with van der Waals surface area (Å²) >= 11 is 0. The van der Waals surface area contributed by atoms with Gasteiger partial charge in [0.25, 0.3) is 0 Å². The molecular formula is C15H24N4O. The number of nitrogens with one attached hydrogen (secondary N) is 1. The summed E-state index contributed by atoms with van der Waals surface area (Å²) in [6.45, 7) is 5.48. The van der Waals surface area contributed by atoms with Crippen LogP contribution in [0.2, 0.25) is 0 Å². The molecule has 0 bridgehead atoms. The molecule has 2 rings (SSSR count). The lowest BCUT2D eigenvalue weighted by atomic mass is 10.2. The normalized spacial score (nSPS) is 16.4. The van der Waals surface area contributed by atoms with Crippen molar-refractivity contribution in [3.8, 4) is 0 Å². The standard InChI is InChI=1S/C15H24N4O/c1-16-6-2-3-15(20)19-11-9-18(10-12-19)13-14-4-7-17-8-5-14/h4-5,7-8,16H,2-3,6,9-13H2,1H3. The zero-order valence-electron chi connectivity index (χ0n) is 12.2. The molecule has 0 aliphatic carbocycles. The van der Waals surface area contributed by atoms with Crippen molar-refractivity contribution >= 4 is 5.91 Å². The predicted octanol–water partition coefficient (Wildman–Crippen LogP) is 0.725. The maximum atomic E-state index is 12.0. The Hall–Kier alpha value is -1.46. The Bertz CT molecular complexity index is 402. The van der Waals surface area contributed by atoms with E-state index < -0.39 is 0 Å². The molecule has 1 aromatic heterocycles. The number of aromatic nitrogens is 1. The topological polar surface area (TPSA) is 48.5 Å². The highest BCUT2D eigenvalue weighted by Gasteiger charge is 2.20. The molecule has 20 heavy (non-hydrogen) atoms. The minimum atomic E-state index is 0.295. The number of piperazine rings is 1. The van der Waals surface area contributed by atoms with Crippen LogP contribution >= 0.6 is 0 Å². The van der Waals surface area contributed by atoms with Gasteiger partial charge in [-0.05, 0) is 37.7 Å². The minimum Gasteiger partial charge on any atom is -0.340 e. The number of amides is 1. The molecule has 0 radical (unpaired) electrons. The first-order chi connectivity index (χ1) is 9.79. The third-order valence-electron chi connectivity index (χ3n) is 3.70. The van der Waals surface area contributed by atoms with Gasteiger partial charge in [0.15, 0.2) is 0 Å². The van der Waals surface area contributed by atoms with Gasteiger partial charge in [-0.15, -0.1) is 0 Å². The summed E-state index contributed by atoms with van der Waals surface area (Å²) in [6.07, 6.45) is 5.24. The molecule has 2 heterocycles. The molecule has 0 unspecified atom stereocenters. The predicted molar refractivity (Wildman–Crippen MR) is 79.3 cm³/mol. The van der Waals surface area contributed by atoms with Gasteiger partial charge in [-0.3, -0.25) is 14.7 Å². The van der Waals surface area contributed by atoms with Crippen LogP contribution < -0.4 is 5.32 Å². The summed E-state index contributed by atoms with van der Waals surface area (Å²) in [5.41, 5.74) is 1.29. The summed E-state index contributed by atoms with van der Waals surface area (Å²) < 4.78 is 0. The van der Waals surface area contributed by atoms with Crippen LogP contribution in [0.1, 0.15) is 18.4 Å². The van der Waals surface area contributed by atoms with E-state index in [0.29, 0.717) is 12.3 Å². The van der Waals surface area contributed by atoms with Gasteiger partial charge in [-0.1, -0.05) is 0 Å². The molecule has 5 heteroatoms. The van der Waals surface area contributed by atoms with Crippen molar-refractivity contribution in [2.24, 2.45) is 0 Å². The van der Waals surface area contributed by atoms with Crippen LogP contribution in [0.25, 0.3) is 0 Å². The second kappa shape index (κ2) is 7.97. The molecule has 110 valence electrons. The molecule has 0 atom stereocenters. The van der Waals surface area contributed by atoms with Crippen LogP contribution in [0.5, 0.6) is 0 Å². The van der Waals surface area contributed by atoms with E-state index in [9.17, 15) is 4.79 Å². The fraction of sp³-hybridized carbons (Fsp3) is 0.600. The Morgan fingerprint density at radius 3 is 2.60 bits per heavy atom. The van der Waals surface area contributed by atoms with Crippen molar-refractivity contribution in [2.45, 2.75) is 19.4 Å². The lowest BCUT2D eigenvalue weighted by Gasteiger charge is -2.34. The lowest BCUT2D eigenvalue weighted by Crippen LogP contribution is -2.48. The maximum Gasteiger partial charge on any atom is 0.222 e. The first-order valence-electron chi connectivity index (χ1n) is 7.33. The molecular weight excluding hydrogens is 252 g/mol. The van der Waals surface area contributed by atoms with E-state index >= 15 is 0 Å². The van der Waals surface area contributed by atoms with E-state index in [4.69, 9.17) is 0 Å². The van der Waals surface area contributed by atoms with E-state index in [1.54, 1.807) is 0 Å². The summed E-state index contributed by atoms with van der Waals surface area (Å²) in [6, 6.07) is 4.10. The van der Waals surface area contributed by atoms with Crippen LogP contribution in [0.4, 0.5) is 0 Å². The summed E-state index contributed by atoms with van der Waals surface area (Å²) in [5, 5.41) is 3.08.